The Balaban J connectivity index is 2.23. The van der Waals surface area contributed by atoms with Gasteiger partial charge in [-0.2, -0.15) is 0 Å². The standard InChI is InChI=1S/C15H27N3O4/c1-11(19)18-9-5-6-12(10-18)13(20)16-7-8-17-14(21)22-15(2,3)4/h12H,5-10H2,1-4H3,(H,16,20)(H,17,21). The maximum atomic E-state index is 12.0. The van der Waals surface area contributed by atoms with Crippen LogP contribution in [0.3, 0.4) is 0 Å². The molecule has 1 aliphatic rings. The van der Waals surface area contributed by atoms with Gasteiger partial charge in [-0.15, -0.1) is 0 Å². The first-order valence-electron chi connectivity index (χ1n) is 7.69. The molecule has 2 N–H and O–H groups in total. The lowest BCUT2D eigenvalue weighted by Gasteiger charge is -2.31. The molecule has 1 unspecified atom stereocenters. The Hall–Kier alpha value is -1.79. The summed E-state index contributed by atoms with van der Waals surface area (Å²) in [6.45, 7) is 8.73. The van der Waals surface area contributed by atoms with Crippen LogP contribution in [-0.4, -0.2) is 54.6 Å². The van der Waals surface area contributed by atoms with E-state index < -0.39 is 11.7 Å². The molecule has 0 spiro atoms. The van der Waals surface area contributed by atoms with E-state index in [4.69, 9.17) is 4.74 Å². The SMILES string of the molecule is CC(=O)N1CCCC(C(=O)NCCNC(=O)OC(C)(C)C)C1. The van der Waals surface area contributed by atoms with E-state index in [9.17, 15) is 14.4 Å². The van der Waals surface area contributed by atoms with Gasteiger partial charge >= 0.3 is 6.09 Å². The number of ether oxygens (including phenoxy) is 1. The lowest BCUT2D eigenvalue weighted by atomic mass is 9.97. The van der Waals surface area contributed by atoms with Crippen LogP contribution >= 0.6 is 0 Å². The summed E-state index contributed by atoms with van der Waals surface area (Å²) in [5.74, 6) is -0.236. The summed E-state index contributed by atoms with van der Waals surface area (Å²) in [5.41, 5.74) is -0.536. The van der Waals surface area contributed by atoms with Crippen molar-refractivity contribution >= 4 is 17.9 Å². The van der Waals surface area contributed by atoms with Crippen LogP contribution in [0.1, 0.15) is 40.5 Å². The molecule has 1 aliphatic heterocycles. The number of alkyl carbamates (subject to hydrolysis) is 1. The quantitative estimate of drug-likeness (QED) is 0.754. The summed E-state index contributed by atoms with van der Waals surface area (Å²) in [6.07, 6.45) is 1.13. The molecule has 0 aromatic heterocycles. The van der Waals surface area contributed by atoms with Gasteiger partial charge in [0.05, 0.1) is 5.92 Å². The Kier molecular flexibility index (Phi) is 6.64. The third kappa shape index (κ3) is 6.78. The lowest BCUT2D eigenvalue weighted by Crippen LogP contribution is -2.46. The zero-order valence-corrected chi connectivity index (χ0v) is 13.9. The van der Waals surface area contributed by atoms with E-state index in [1.807, 2.05) is 0 Å². The smallest absolute Gasteiger partial charge is 0.407 e. The van der Waals surface area contributed by atoms with E-state index in [1.165, 1.54) is 6.92 Å². The highest BCUT2D eigenvalue weighted by atomic mass is 16.6. The predicted molar refractivity (Wildman–Crippen MR) is 82.2 cm³/mol. The van der Waals surface area contributed by atoms with E-state index in [0.717, 1.165) is 19.4 Å². The minimum Gasteiger partial charge on any atom is -0.444 e. The molecule has 0 aromatic rings. The van der Waals surface area contributed by atoms with Crippen molar-refractivity contribution in [3.8, 4) is 0 Å². The average Bonchev–Trinajstić information content (AvgIpc) is 2.41. The number of nitrogens with one attached hydrogen (secondary N) is 2. The van der Waals surface area contributed by atoms with Crippen molar-refractivity contribution in [2.45, 2.75) is 46.1 Å². The Morgan fingerprint density at radius 3 is 2.41 bits per heavy atom. The number of amides is 3. The number of carbonyl (C=O) groups is 3. The van der Waals surface area contributed by atoms with Crippen LogP contribution in [0.25, 0.3) is 0 Å². The van der Waals surface area contributed by atoms with E-state index >= 15 is 0 Å². The molecule has 126 valence electrons. The predicted octanol–water partition coefficient (Wildman–Crippen LogP) is 0.886. The zero-order chi connectivity index (χ0) is 16.8. The topological polar surface area (TPSA) is 87.7 Å². The van der Waals surface area contributed by atoms with Gasteiger partial charge in [-0.1, -0.05) is 0 Å². The number of hydrogen-bond donors (Lipinski definition) is 2. The Labute approximate surface area is 131 Å². The summed E-state index contributed by atoms with van der Waals surface area (Å²) < 4.78 is 5.09. The van der Waals surface area contributed by atoms with Crippen molar-refractivity contribution in [2.24, 2.45) is 5.92 Å². The summed E-state index contributed by atoms with van der Waals surface area (Å²) in [5, 5.41) is 5.37. The molecule has 7 heteroatoms. The number of likely N-dealkylation sites (tertiary alicyclic amines) is 1. The van der Waals surface area contributed by atoms with Gasteiger partial charge in [0, 0.05) is 33.1 Å². The van der Waals surface area contributed by atoms with Crippen molar-refractivity contribution in [3.63, 3.8) is 0 Å². The largest absolute Gasteiger partial charge is 0.444 e. The normalized spacial score (nSPS) is 18.5. The minimum absolute atomic E-state index is 0.00379. The molecular formula is C15H27N3O4. The summed E-state index contributed by atoms with van der Waals surface area (Å²) in [4.78, 5) is 36.5. The van der Waals surface area contributed by atoms with Crippen molar-refractivity contribution in [3.05, 3.63) is 0 Å². The molecule has 0 radical (unpaired) electrons. The molecular weight excluding hydrogens is 286 g/mol. The van der Waals surface area contributed by atoms with Gasteiger partial charge in [-0.3, -0.25) is 9.59 Å². The summed E-state index contributed by atoms with van der Waals surface area (Å²) in [7, 11) is 0. The van der Waals surface area contributed by atoms with E-state index in [-0.39, 0.29) is 17.7 Å². The van der Waals surface area contributed by atoms with Crippen LogP contribution < -0.4 is 10.6 Å². The first kappa shape index (κ1) is 18.3. The second kappa shape index (κ2) is 8.00. The molecule has 1 fully saturated rings. The first-order chi connectivity index (χ1) is 10.2. The monoisotopic (exact) mass is 313 g/mol. The molecule has 0 aromatic carbocycles. The van der Waals surface area contributed by atoms with E-state index in [2.05, 4.69) is 10.6 Å². The number of nitrogens with zero attached hydrogens (tertiary/aromatic N) is 1. The third-order valence-corrected chi connectivity index (χ3v) is 3.33. The molecule has 0 aliphatic carbocycles. The van der Waals surface area contributed by atoms with Gasteiger partial charge in [0.15, 0.2) is 0 Å². The molecule has 0 bridgehead atoms. The molecule has 3 amide bonds. The summed E-state index contributed by atoms with van der Waals surface area (Å²) >= 11 is 0. The highest BCUT2D eigenvalue weighted by Crippen LogP contribution is 2.16. The molecule has 1 saturated heterocycles. The maximum absolute atomic E-state index is 12.0. The Bertz CT molecular complexity index is 418. The maximum Gasteiger partial charge on any atom is 0.407 e. The molecule has 22 heavy (non-hydrogen) atoms. The summed E-state index contributed by atoms with van der Waals surface area (Å²) in [6, 6.07) is 0. The van der Waals surface area contributed by atoms with Crippen molar-refractivity contribution in [1.29, 1.82) is 0 Å². The lowest BCUT2D eigenvalue weighted by molar-refractivity contribution is -0.133. The number of piperidine rings is 1. The van der Waals surface area contributed by atoms with Gasteiger partial charge < -0.3 is 20.3 Å². The van der Waals surface area contributed by atoms with Crippen LogP contribution in [0.4, 0.5) is 4.79 Å². The van der Waals surface area contributed by atoms with Crippen molar-refractivity contribution in [1.82, 2.24) is 15.5 Å². The molecule has 1 atom stereocenters. The average molecular weight is 313 g/mol. The van der Waals surface area contributed by atoms with Gasteiger partial charge in [0.2, 0.25) is 11.8 Å². The second-order valence-corrected chi connectivity index (χ2v) is 6.52. The van der Waals surface area contributed by atoms with Gasteiger partial charge in [-0.05, 0) is 33.6 Å². The number of carbonyl (C=O) groups excluding carboxylic acids is 3. The van der Waals surface area contributed by atoms with Crippen LogP contribution in [0.2, 0.25) is 0 Å². The van der Waals surface area contributed by atoms with E-state index in [1.54, 1.807) is 25.7 Å². The highest BCUT2D eigenvalue weighted by molar-refractivity contribution is 5.80. The van der Waals surface area contributed by atoms with Crippen LogP contribution in [0.15, 0.2) is 0 Å². The molecule has 7 nitrogen and oxygen atoms in total. The molecule has 1 rings (SSSR count). The Morgan fingerprint density at radius 1 is 1.18 bits per heavy atom. The van der Waals surface area contributed by atoms with Crippen molar-refractivity contribution < 1.29 is 19.1 Å². The number of hydrogen-bond acceptors (Lipinski definition) is 4. The number of rotatable bonds is 4. The van der Waals surface area contributed by atoms with Crippen molar-refractivity contribution in [2.75, 3.05) is 26.2 Å². The van der Waals surface area contributed by atoms with E-state index in [0.29, 0.717) is 19.6 Å². The fraction of sp³-hybridized carbons (Fsp3) is 0.800. The first-order valence-corrected chi connectivity index (χ1v) is 7.69. The fourth-order valence-corrected chi connectivity index (χ4v) is 2.29. The minimum atomic E-state index is -0.536. The zero-order valence-electron chi connectivity index (χ0n) is 13.9. The third-order valence-electron chi connectivity index (χ3n) is 3.33. The fourth-order valence-electron chi connectivity index (χ4n) is 2.29. The van der Waals surface area contributed by atoms with Crippen LogP contribution in [0, 0.1) is 5.92 Å². The molecule has 0 saturated carbocycles. The van der Waals surface area contributed by atoms with Gasteiger partial charge in [-0.25, -0.2) is 4.79 Å². The van der Waals surface area contributed by atoms with Crippen LogP contribution in [0.5, 0.6) is 0 Å². The molecule has 1 heterocycles. The Morgan fingerprint density at radius 2 is 1.82 bits per heavy atom. The second-order valence-electron chi connectivity index (χ2n) is 6.52. The van der Waals surface area contributed by atoms with Gasteiger partial charge in [0.25, 0.3) is 0 Å². The van der Waals surface area contributed by atoms with Crippen LogP contribution in [-0.2, 0) is 14.3 Å². The van der Waals surface area contributed by atoms with Gasteiger partial charge in [0.1, 0.15) is 5.60 Å². The highest BCUT2D eigenvalue weighted by Gasteiger charge is 2.26.